The van der Waals surface area contributed by atoms with Gasteiger partial charge < -0.3 is 85.3 Å². The molecule has 3 saturated heterocycles. The van der Waals surface area contributed by atoms with Gasteiger partial charge in [0.15, 0.2) is 30.4 Å². The molecule has 4 amide bonds. The van der Waals surface area contributed by atoms with Crippen molar-refractivity contribution in [3.8, 4) is 5.75 Å². The van der Waals surface area contributed by atoms with Crippen LogP contribution in [0, 0.1) is 5.92 Å². The Bertz CT molecular complexity index is 2650. The average molecular weight is 1030 g/mol. The van der Waals surface area contributed by atoms with Gasteiger partial charge in [-0.3, -0.25) is 19.2 Å². The van der Waals surface area contributed by atoms with Gasteiger partial charge in [0.05, 0.1) is 46.5 Å². The molecule has 14 atom stereocenters. The first-order valence-electron chi connectivity index (χ1n) is 23.9. The highest BCUT2D eigenvalue weighted by Gasteiger charge is 2.67. The minimum atomic E-state index is -2.85. The molecule has 22 heteroatoms. The van der Waals surface area contributed by atoms with Crippen LogP contribution in [0.4, 0.5) is 17.1 Å². The molecule has 3 fully saturated rings. The Morgan fingerprint density at radius 2 is 1.30 bits per heavy atom. The molecule has 0 unspecified atom stereocenters. The van der Waals surface area contributed by atoms with E-state index >= 15 is 4.79 Å². The average Bonchev–Trinajstić information content (AvgIpc) is 3.80. The van der Waals surface area contributed by atoms with E-state index in [0.717, 1.165) is 10.8 Å². The van der Waals surface area contributed by atoms with E-state index in [2.05, 4.69) is 23.7 Å². The van der Waals surface area contributed by atoms with Crippen LogP contribution in [0.1, 0.15) is 30.0 Å². The third-order valence-corrected chi connectivity index (χ3v) is 19.0. The first kappa shape index (κ1) is 53.6. The van der Waals surface area contributed by atoms with E-state index in [-0.39, 0.29) is 49.9 Å². The molecule has 4 aromatic rings. The molecule has 4 aromatic carbocycles. The molecule has 0 saturated carbocycles. The number of aliphatic hydroxyl groups is 9. The van der Waals surface area contributed by atoms with E-state index in [1.54, 1.807) is 42.3 Å². The Morgan fingerprint density at radius 1 is 0.726 bits per heavy atom. The number of nitrogens with one attached hydrogen (secondary N) is 2. The van der Waals surface area contributed by atoms with Crippen molar-refractivity contribution in [1.82, 2.24) is 4.90 Å². The molecule has 4 aliphatic rings. The number of nitrogens with zero attached hydrogens (tertiary/aromatic N) is 2. The third-order valence-electron chi connectivity index (χ3n) is 14.6. The number of amides is 4. The van der Waals surface area contributed by atoms with Crippen molar-refractivity contribution in [2.45, 2.75) is 118 Å². The van der Waals surface area contributed by atoms with Crippen molar-refractivity contribution >= 4 is 54.0 Å². The molecule has 1 spiro atoms. The molecule has 0 aliphatic carbocycles. The number of aliphatic hydroxyl groups excluding tert-OH is 9. The highest BCUT2D eigenvalue weighted by atomic mass is 28.3. The van der Waals surface area contributed by atoms with Gasteiger partial charge in [0.25, 0.3) is 17.7 Å². The Morgan fingerprint density at radius 3 is 1.88 bits per heavy atom. The van der Waals surface area contributed by atoms with E-state index in [9.17, 15) is 60.3 Å². The van der Waals surface area contributed by atoms with E-state index < -0.39 is 110 Å². The predicted molar refractivity (Wildman–Crippen MR) is 262 cm³/mol. The summed E-state index contributed by atoms with van der Waals surface area (Å²) in [6.07, 6.45) is -20.0. The summed E-state index contributed by atoms with van der Waals surface area (Å²) in [5.74, 6) is -2.83. The minimum absolute atomic E-state index is 0.0247. The minimum Gasteiger partial charge on any atom is -0.497 e. The molecular formula is C51H62N4O17Si. The Balaban J connectivity index is 1.18. The Kier molecular flexibility index (Phi) is 15.9. The molecular weight excluding hydrogens is 969 g/mol. The number of hydrogen-bond donors (Lipinski definition) is 11. The summed E-state index contributed by atoms with van der Waals surface area (Å²) in [5.41, 5.74) is -0.0174. The largest absolute Gasteiger partial charge is 0.497 e. The monoisotopic (exact) mass is 1030 g/mol. The number of methoxy groups -OCH3 is 1. The number of hydrogen-bond acceptors (Lipinski definition) is 17. The molecule has 73 heavy (non-hydrogen) atoms. The molecule has 0 bridgehead atoms. The van der Waals surface area contributed by atoms with Gasteiger partial charge in [0.1, 0.15) is 42.4 Å². The van der Waals surface area contributed by atoms with Gasteiger partial charge in [-0.1, -0.05) is 79.8 Å². The van der Waals surface area contributed by atoms with Crippen LogP contribution in [-0.4, -0.2) is 170 Å². The highest BCUT2D eigenvalue weighted by Crippen LogP contribution is 2.60. The lowest BCUT2D eigenvalue weighted by Gasteiger charge is -2.37. The lowest BCUT2D eigenvalue weighted by atomic mass is 9.82. The van der Waals surface area contributed by atoms with Crippen LogP contribution in [0.3, 0.4) is 0 Å². The van der Waals surface area contributed by atoms with Gasteiger partial charge in [-0.25, -0.2) is 0 Å². The summed E-state index contributed by atoms with van der Waals surface area (Å²) in [5, 5.41) is 98.4. The van der Waals surface area contributed by atoms with Gasteiger partial charge in [-0.2, -0.15) is 0 Å². The number of fused-ring (bicyclic) bond motifs is 2. The van der Waals surface area contributed by atoms with Crippen molar-refractivity contribution in [3.63, 3.8) is 0 Å². The fraction of sp³-hybridized carbons (Fsp3) is 0.451. The van der Waals surface area contributed by atoms with Gasteiger partial charge in [-0.05, 0) is 59.1 Å². The maximum atomic E-state index is 15.8. The zero-order chi connectivity index (χ0) is 52.7. The van der Waals surface area contributed by atoms with Crippen LogP contribution in [0.15, 0.2) is 97.1 Å². The summed E-state index contributed by atoms with van der Waals surface area (Å²) in [6.45, 7) is 5.95. The van der Waals surface area contributed by atoms with Crippen molar-refractivity contribution in [2.75, 3.05) is 35.8 Å². The second kappa shape index (κ2) is 21.6. The fourth-order valence-electron chi connectivity index (χ4n) is 10.8. The van der Waals surface area contributed by atoms with Crippen LogP contribution in [-0.2, 0) is 52.1 Å². The van der Waals surface area contributed by atoms with E-state index in [1.807, 2.05) is 61.5 Å². The topological polar surface area (TPSA) is 318 Å². The quantitative estimate of drug-likeness (QED) is 0.0659. The predicted octanol–water partition coefficient (Wildman–Crippen LogP) is -0.654. The standard InChI is InChI=1S/C51H62N4O17Si/c1-26-45(73(3,4)32-16-14-31(69-2)15-17-32)35(23-36(57)54(19-20-56)24-27-9-6-5-7-10-27)72-51(26)33-22-30(53-47(65)44-40(61)38(59)42(63)49(67)71-44)13-18-34(33)55(50(51)68)25-28-11-8-12-29(21-28)52-46(64)43-39(60)37(58)41(62)48(66)70-43/h5-18,21-22,26,35,37-45,48-49,56,58-63,66-67H,19-20,23-25H2,1-4H3,(H,52,64)(H,53,65)/t26-,35+,37+,38+,39+,40+,41-,42-,43+,44+,45-,48-,49-,51+/m1/s1. The van der Waals surface area contributed by atoms with Crippen molar-refractivity contribution < 1.29 is 84.1 Å². The summed E-state index contributed by atoms with van der Waals surface area (Å²) in [7, 11) is -1.29. The number of carbonyl (C=O) groups excluding carboxylic acids is 4. The third kappa shape index (κ3) is 10.3. The molecule has 0 radical (unpaired) electrons. The Hall–Kier alpha value is -5.70. The number of ether oxygens (including phenoxy) is 4. The summed E-state index contributed by atoms with van der Waals surface area (Å²) < 4.78 is 23.0. The van der Waals surface area contributed by atoms with Crippen molar-refractivity contribution in [1.29, 1.82) is 0 Å². The van der Waals surface area contributed by atoms with Crippen LogP contribution in [0.5, 0.6) is 5.75 Å². The second-order valence-corrected chi connectivity index (χ2v) is 24.2. The maximum absolute atomic E-state index is 15.8. The maximum Gasteiger partial charge on any atom is 0.264 e. The fourth-order valence-corrected chi connectivity index (χ4v) is 14.8. The summed E-state index contributed by atoms with van der Waals surface area (Å²) in [4.78, 5) is 60.6. The highest BCUT2D eigenvalue weighted by molar-refractivity contribution is 6.91. The van der Waals surface area contributed by atoms with E-state index in [1.165, 1.54) is 17.0 Å². The zero-order valence-electron chi connectivity index (χ0n) is 40.5. The van der Waals surface area contributed by atoms with E-state index in [4.69, 9.17) is 18.9 Å². The van der Waals surface area contributed by atoms with Crippen molar-refractivity contribution in [2.24, 2.45) is 5.92 Å². The van der Waals surface area contributed by atoms with Crippen molar-refractivity contribution in [3.05, 3.63) is 114 Å². The summed E-state index contributed by atoms with van der Waals surface area (Å²) >= 11 is 0. The van der Waals surface area contributed by atoms with Gasteiger partial charge in [0, 0.05) is 35.9 Å². The van der Waals surface area contributed by atoms with Crippen LogP contribution in [0.2, 0.25) is 18.6 Å². The molecule has 8 rings (SSSR count). The second-order valence-electron chi connectivity index (χ2n) is 19.5. The smallest absolute Gasteiger partial charge is 0.264 e. The lowest BCUT2D eigenvalue weighted by molar-refractivity contribution is -0.274. The number of rotatable bonds is 15. The van der Waals surface area contributed by atoms with E-state index in [0.29, 0.717) is 22.6 Å². The molecule has 21 nitrogen and oxygen atoms in total. The van der Waals surface area contributed by atoms with Gasteiger partial charge >= 0.3 is 0 Å². The zero-order valence-corrected chi connectivity index (χ0v) is 41.5. The lowest BCUT2D eigenvalue weighted by Crippen LogP contribution is -2.60. The number of benzene rings is 4. The summed E-state index contributed by atoms with van der Waals surface area (Å²) in [6, 6.07) is 27.9. The molecule has 4 heterocycles. The van der Waals surface area contributed by atoms with Crippen LogP contribution in [0.25, 0.3) is 0 Å². The number of anilines is 3. The molecule has 4 aliphatic heterocycles. The van der Waals surface area contributed by atoms with Crippen LogP contribution < -0.4 is 25.5 Å². The number of carbonyl (C=O) groups is 4. The first-order chi connectivity index (χ1) is 34.7. The molecule has 392 valence electrons. The first-order valence-corrected chi connectivity index (χ1v) is 27.0. The Labute approximate surface area is 421 Å². The van der Waals surface area contributed by atoms with Gasteiger partial charge in [0.2, 0.25) is 5.91 Å². The molecule has 0 aromatic heterocycles. The SMILES string of the molecule is COc1ccc([Si](C)(C)[C@H]2[C@H](CC(=O)N(CCO)Cc3ccccc3)O[C@@]3(C(=O)N(Cc4cccc(NC(=O)[C@H]5O[C@@H](O)[C@H](O)[C@@H](O)[C@@H]5O)c4)c4ccc(NC(=O)[C@H]5O[C@@H](O)[C@H](O)[C@@H](O)[C@@H]5O)cc43)[C@@H]2C)cc1. The normalized spacial score (nSPS) is 31.0. The molecule has 11 N–H and O–H groups in total. The van der Waals surface area contributed by atoms with Crippen LogP contribution >= 0.6 is 0 Å². The van der Waals surface area contributed by atoms with Gasteiger partial charge in [-0.15, -0.1) is 0 Å².